The number of Topliss-reactive ketones (excluding diaryl/α,β-unsaturated/α-hetero) is 1. The van der Waals surface area contributed by atoms with Gasteiger partial charge in [0.15, 0.2) is 11.4 Å². The first-order valence-electron chi connectivity index (χ1n) is 12.0. The fourth-order valence-electron chi connectivity index (χ4n) is 7.82. The average molecular weight is 451 g/mol. The van der Waals surface area contributed by atoms with Crippen LogP contribution in [0.4, 0.5) is 4.39 Å². The summed E-state index contributed by atoms with van der Waals surface area (Å²) in [5.41, 5.74) is -4.61. The molecule has 4 aliphatic carbocycles. The molecule has 0 spiro atoms. The van der Waals surface area contributed by atoms with Gasteiger partial charge in [-0.3, -0.25) is 14.4 Å². The minimum Gasteiger partial charge on any atom is -0.450 e. The predicted molar refractivity (Wildman–Crippen MR) is 114 cm³/mol. The summed E-state index contributed by atoms with van der Waals surface area (Å²) in [6.07, 6.45) is 3.25. The van der Waals surface area contributed by atoms with Gasteiger partial charge in [-0.25, -0.2) is 4.39 Å². The Morgan fingerprint density at radius 1 is 1.19 bits per heavy atom. The first-order valence-corrected chi connectivity index (χ1v) is 12.0. The third kappa shape index (κ3) is 2.86. The van der Waals surface area contributed by atoms with Gasteiger partial charge in [0.25, 0.3) is 0 Å². The van der Waals surface area contributed by atoms with Gasteiger partial charge in [0.2, 0.25) is 5.78 Å². The summed E-state index contributed by atoms with van der Waals surface area (Å²) in [7, 11) is 0. The Balaban J connectivity index is 1.78. The molecule has 7 atom stereocenters. The van der Waals surface area contributed by atoms with E-state index in [1.807, 2.05) is 20.8 Å². The van der Waals surface area contributed by atoms with Crippen molar-refractivity contribution >= 4 is 17.5 Å². The van der Waals surface area contributed by atoms with Crippen molar-refractivity contribution < 1.29 is 33.7 Å². The van der Waals surface area contributed by atoms with E-state index in [2.05, 4.69) is 0 Å². The molecule has 3 saturated carbocycles. The van der Waals surface area contributed by atoms with Crippen molar-refractivity contribution in [3.63, 3.8) is 0 Å². The number of fused-ring (bicyclic) bond motifs is 5. The first-order chi connectivity index (χ1) is 15.0. The van der Waals surface area contributed by atoms with Crippen molar-refractivity contribution in [1.29, 1.82) is 0 Å². The van der Waals surface area contributed by atoms with Crippen LogP contribution in [-0.2, 0) is 19.1 Å². The number of alkyl halides is 1. The van der Waals surface area contributed by atoms with Crippen LogP contribution in [0.2, 0.25) is 0 Å². The van der Waals surface area contributed by atoms with Crippen molar-refractivity contribution in [2.24, 2.45) is 22.7 Å². The topological polar surface area (TPSA) is 101 Å². The van der Waals surface area contributed by atoms with Gasteiger partial charge in [-0.1, -0.05) is 26.3 Å². The molecule has 2 N–H and O–H groups in total. The number of allylic oxidation sites excluding steroid dienone is 1. The molecule has 7 heteroatoms. The molecule has 3 fully saturated rings. The molecule has 0 amide bonds. The molecule has 0 saturated heterocycles. The summed E-state index contributed by atoms with van der Waals surface area (Å²) in [5, 5.41) is 21.1. The molecule has 6 nitrogen and oxygen atoms in total. The normalized spacial score (nSPS) is 45.4. The van der Waals surface area contributed by atoms with Crippen LogP contribution in [0.5, 0.6) is 0 Å². The van der Waals surface area contributed by atoms with Crippen LogP contribution in [0.3, 0.4) is 0 Å². The lowest BCUT2D eigenvalue weighted by atomic mass is 9.44. The number of hydrogen-bond donors (Lipinski definition) is 2. The lowest BCUT2D eigenvalue weighted by Crippen LogP contribution is -2.70. The van der Waals surface area contributed by atoms with Crippen LogP contribution in [0.25, 0.3) is 0 Å². The zero-order valence-electron chi connectivity index (χ0n) is 19.3. The van der Waals surface area contributed by atoms with Gasteiger partial charge in [0.05, 0.1) is 6.10 Å². The second-order valence-electron chi connectivity index (χ2n) is 10.8. The summed E-state index contributed by atoms with van der Waals surface area (Å²) in [5.74, 6) is -1.88. The highest BCUT2D eigenvalue weighted by atomic mass is 19.1. The second kappa shape index (κ2) is 7.73. The second-order valence-corrected chi connectivity index (χ2v) is 10.8. The fourth-order valence-corrected chi connectivity index (χ4v) is 7.82. The van der Waals surface area contributed by atoms with E-state index >= 15 is 4.39 Å². The predicted octanol–water partition coefficient (Wildman–Crippen LogP) is 3.22. The Hall–Kier alpha value is -1.60. The van der Waals surface area contributed by atoms with Gasteiger partial charge in [-0.05, 0) is 56.9 Å². The van der Waals surface area contributed by atoms with E-state index in [4.69, 9.17) is 4.74 Å². The molecule has 0 aromatic carbocycles. The zero-order chi connectivity index (χ0) is 23.5. The van der Waals surface area contributed by atoms with E-state index in [1.54, 1.807) is 6.08 Å². The molecule has 0 aliphatic heterocycles. The third-order valence-electron chi connectivity index (χ3n) is 9.50. The maximum atomic E-state index is 17.1. The van der Waals surface area contributed by atoms with Crippen LogP contribution in [0.1, 0.15) is 78.6 Å². The maximum absolute atomic E-state index is 17.1. The Kier molecular flexibility index (Phi) is 5.69. The summed E-state index contributed by atoms with van der Waals surface area (Å²) in [4.78, 5) is 37.6. The lowest BCUT2D eigenvalue weighted by molar-refractivity contribution is -0.233. The van der Waals surface area contributed by atoms with Gasteiger partial charge in [0, 0.05) is 29.6 Å². The largest absolute Gasteiger partial charge is 0.450 e. The molecule has 178 valence electrons. The van der Waals surface area contributed by atoms with Crippen molar-refractivity contribution in [1.82, 2.24) is 0 Å². The Morgan fingerprint density at radius 3 is 2.56 bits per heavy atom. The number of carbonyl (C=O) groups excluding carboxylic acids is 3. The highest BCUT2D eigenvalue weighted by molar-refractivity contribution is 5.92. The number of aliphatic hydroxyl groups excluding tert-OH is 2. The number of ether oxygens (including phenoxy) is 1. The van der Waals surface area contributed by atoms with Crippen LogP contribution >= 0.6 is 0 Å². The average Bonchev–Trinajstić information content (AvgIpc) is 3.02. The van der Waals surface area contributed by atoms with Crippen LogP contribution in [0.15, 0.2) is 11.6 Å². The molecule has 0 unspecified atom stereocenters. The Labute approximate surface area is 188 Å². The van der Waals surface area contributed by atoms with E-state index < -0.39 is 52.5 Å². The molecule has 0 heterocycles. The van der Waals surface area contributed by atoms with Crippen molar-refractivity contribution in [2.45, 2.75) is 95.9 Å². The Morgan fingerprint density at radius 2 is 1.91 bits per heavy atom. The SMILES string of the molecule is CCCC(=O)O[C@]1(C(=O)CO)CC[C@H]2[C@@H]3CCC4=CC(=O)CC[C@]4(C)[C@@]3(F)[C@@H](O)C[C@@]21C. The number of halogens is 1. The quantitative estimate of drug-likeness (QED) is 0.624. The molecular weight excluding hydrogens is 415 g/mol. The summed E-state index contributed by atoms with van der Waals surface area (Å²) in [6.45, 7) is 4.71. The van der Waals surface area contributed by atoms with Gasteiger partial charge in [-0.15, -0.1) is 0 Å². The number of aliphatic hydroxyl groups is 2. The number of hydrogen-bond acceptors (Lipinski definition) is 6. The van der Waals surface area contributed by atoms with Gasteiger partial charge >= 0.3 is 5.97 Å². The van der Waals surface area contributed by atoms with Crippen molar-refractivity contribution in [3.05, 3.63) is 11.6 Å². The van der Waals surface area contributed by atoms with Crippen LogP contribution < -0.4 is 0 Å². The van der Waals surface area contributed by atoms with Gasteiger partial charge in [0.1, 0.15) is 12.3 Å². The molecule has 4 aliphatic rings. The number of ketones is 2. The van der Waals surface area contributed by atoms with Gasteiger partial charge < -0.3 is 14.9 Å². The van der Waals surface area contributed by atoms with Crippen molar-refractivity contribution in [3.8, 4) is 0 Å². The lowest BCUT2D eigenvalue weighted by Gasteiger charge is -2.63. The van der Waals surface area contributed by atoms with E-state index in [1.165, 1.54) is 0 Å². The minimum atomic E-state index is -1.92. The number of carbonyl (C=O) groups is 3. The van der Waals surface area contributed by atoms with E-state index in [0.29, 0.717) is 32.1 Å². The van der Waals surface area contributed by atoms with E-state index in [9.17, 15) is 24.6 Å². The molecular formula is C25H35FO6. The third-order valence-corrected chi connectivity index (χ3v) is 9.50. The molecule has 32 heavy (non-hydrogen) atoms. The maximum Gasteiger partial charge on any atom is 0.306 e. The van der Waals surface area contributed by atoms with Gasteiger partial charge in [-0.2, -0.15) is 0 Å². The van der Waals surface area contributed by atoms with E-state index in [0.717, 1.165) is 5.57 Å². The van der Waals surface area contributed by atoms with Crippen molar-refractivity contribution in [2.75, 3.05) is 6.61 Å². The highest BCUT2D eigenvalue weighted by Gasteiger charge is 2.75. The molecule has 0 aromatic rings. The summed E-state index contributed by atoms with van der Waals surface area (Å²) in [6, 6.07) is 0. The minimum absolute atomic E-state index is 0.00549. The van der Waals surface area contributed by atoms with Crippen LogP contribution in [-0.4, -0.2) is 51.7 Å². The number of esters is 1. The highest BCUT2D eigenvalue weighted by Crippen LogP contribution is 2.70. The summed E-state index contributed by atoms with van der Waals surface area (Å²) >= 11 is 0. The Bertz CT molecular complexity index is 868. The molecule has 0 bridgehead atoms. The zero-order valence-corrected chi connectivity index (χ0v) is 19.3. The fraction of sp³-hybridized carbons (Fsp3) is 0.800. The molecule has 4 rings (SSSR count). The van der Waals surface area contributed by atoms with E-state index in [-0.39, 0.29) is 37.4 Å². The van der Waals surface area contributed by atoms with Crippen LogP contribution in [0, 0.1) is 22.7 Å². The molecule has 0 radical (unpaired) electrons. The standard InChI is InChI=1S/C25H35FO6/c1-4-5-21(31)32-24(20(30)14-27)11-9-17-18-7-6-15-12-16(28)8-10-22(15,2)25(18,26)19(29)13-23(17,24)3/h12,17-19,27,29H,4-11,13-14H2,1-3H3/t17-,18-,19-,22-,23-,24-,25-/m0/s1. The molecule has 0 aromatic heterocycles. The summed E-state index contributed by atoms with van der Waals surface area (Å²) < 4.78 is 23.0. The first kappa shape index (κ1) is 23.6. The number of rotatable bonds is 5. The smallest absolute Gasteiger partial charge is 0.306 e. The monoisotopic (exact) mass is 450 g/mol.